The molecule has 0 aromatic carbocycles. The first-order chi connectivity index (χ1) is 5.07. The van der Waals surface area contributed by atoms with Gasteiger partial charge >= 0.3 is 11.1 Å². The number of hydrogen-bond donors (Lipinski definition) is 0. The minimum atomic E-state index is -0.877. The Morgan fingerprint density at radius 3 is 2.73 bits per heavy atom. The summed E-state index contributed by atoms with van der Waals surface area (Å²) in [5.74, 6) is -0.811. The summed E-state index contributed by atoms with van der Waals surface area (Å²) in [6, 6.07) is 0. The second-order valence-corrected chi connectivity index (χ2v) is 1.86. The van der Waals surface area contributed by atoms with Crippen LogP contribution in [0.15, 0.2) is 11.2 Å². The highest BCUT2D eigenvalue weighted by Gasteiger charge is 2.08. The van der Waals surface area contributed by atoms with Crippen LogP contribution in [0.5, 0.6) is 0 Å². The molecular formula is C5H6ClNO4. The number of carbonyl (C=O) groups excluding carboxylic acids is 1. The molecule has 0 atom stereocenters. The fourth-order valence-corrected chi connectivity index (χ4v) is 0.423. The lowest BCUT2D eigenvalue weighted by atomic mass is 10.6. The zero-order valence-electron chi connectivity index (χ0n) is 5.74. The second kappa shape index (κ2) is 4.68. The first-order valence-corrected chi connectivity index (χ1v) is 3.14. The summed E-state index contributed by atoms with van der Waals surface area (Å²) < 4.78 is 4.36. The van der Waals surface area contributed by atoms with E-state index in [9.17, 15) is 14.9 Å². The van der Waals surface area contributed by atoms with Crippen LogP contribution in [-0.2, 0) is 9.53 Å². The maximum absolute atomic E-state index is 10.5. The van der Waals surface area contributed by atoms with E-state index >= 15 is 0 Å². The fourth-order valence-electron chi connectivity index (χ4n) is 0.334. The molecule has 0 saturated carbocycles. The van der Waals surface area contributed by atoms with Crippen molar-refractivity contribution in [2.45, 2.75) is 6.92 Å². The van der Waals surface area contributed by atoms with Crippen LogP contribution in [0.2, 0.25) is 0 Å². The van der Waals surface area contributed by atoms with Gasteiger partial charge in [-0.15, -0.1) is 0 Å². The molecule has 0 aromatic heterocycles. The summed E-state index contributed by atoms with van der Waals surface area (Å²) in [6.45, 7) is 1.75. The van der Waals surface area contributed by atoms with Gasteiger partial charge in [-0.05, 0) is 18.5 Å². The van der Waals surface area contributed by atoms with Crippen LogP contribution in [0.1, 0.15) is 6.92 Å². The molecule has 0 unspecified atom stereocenters. The normalized spacial score (nSPS) is 10.9. The molecule has 6 heteroatoms. The minimum Gasteiger partial charge on any atom is -0.463 e. The molecule has 0 aromatic rings. The average molecular weight is 180 g/mol. The fraction of sp³-hybridized carbons (Fsp3) is 0.400. The van der Waals surface area contributed by atoms with Crippen LogP contribution >= 0.6 is 11.6 Å². The van der Waals surface area contributed by atoms with Crippen molar-refractivity contribution in [3.63, 3.8) is 0 Å². The summed E-state index contributed by atoms with van der Waals surface area (Å²) in [6.07, 6.45) is 0.616. The van der Waals surface area contributed by atoms with Crippen LogP contribution in [0.25, 0.3) is 0 Å². The van der Waals surface area contributed by atoms with Crippen LogP contribution in [0, 0.1) is 10.1 Å². The van der Waals surface area contributed by atoms with Crippen LogP contribution in [-0.4, -0.2) is 17.5 Å². The first kappa shape index (κ1) is 9.90. The molecule has 0 radical (unpaired) electrons. The predicted molar refractivity (Wildman–Crippen MR) is 37.6 cm³/mol. The second-order valence-electron chi connectivity index (χ2n) is 1.48. The first-order valence-electron chi connectivity index (χ1n) is 2.76. The van der Waals surface area contributed by atoms with Gasteiger partial charge in [0.2, 0.25) is 0 Å². The number of nitro groups is 1. The van der Waals surface area contributed by atoms with Crippen molar-refractivity contribution in [1.29, 1.82) is 0 Å². The van der Waals surface area contributed by atoms with Gasteiger partial charge in [0, 0.05) is 0 Å². The summed E-state index contributed by atoms with van der Waals surface area (Å²) in [5, 5.41) is 9.09. The Morgan fingerprint density at radius 2 is 2.36 bits per heavy atom. The molecule has 5 nitrogen and oxygen atoms in total. The van der Waals surface area contributed by atoms with E-state index < -0.39 is 16.0 Å². The van der Waals surface area contributed by atoms with Gasteiger partial charge in [-0.2, -0.15) is 0 Å². The Hall–Kier alpha value is -1.10. The smallest absolute Gasteiger partial charge is 0.344 e. The van der Waals surface area contributed by atoms with Crippen molar-refractivity contribution in [1.82, 2.24) is 0 Å². The Kier molecular flexibility index (Phi) is 4.21. The Labute approximate surface area is 67.7 Å². The van der Waals surface area contributed by atoms with Gasteiger partial charge in [0.05, 0.1) is 11.5 Å². The van der Waals surface area contributed by atoms with E-state index in [1.807, 2.05) is 0 Å². The molecule has 0 N–H and O–H groups in total. The number of ether oxygens (including phenoxy) is 1. The monoisotopic (exact) mass is 179 g/mol. The third-order valence-corrected chi connectivity index (χ3v) is 0.945. The number of esters is 1. The molecule has 11 heavy (non-hydrogen) atoms. The summed E-state index contributed by atoms with van der Waals surface area (Å²) in [4.78, 5) is 19.4. The van der Waals surface area contributed by atoms with Crippen molar-refractivity contribution in [3.05, 3.63) is 21.3 Å². The highest BCUT2D eigenvalue weighted by molar-refractivity contribution is 6.29. The Morgan fingerprint density at radius 1 is 1.82 bits per heavy atom. The third kappa shape index (κ3) is 4.32. The summed E-state index contributed by atoms with van der Waals surface area (Å²) >= 11 is 5.01. The topological polar surface area (TPSA) is 69.4 Å². The van der Waals surface area contributed by atoms with Gasteiger partial charge in [-0.25, -0.2) is 4.79 Å². The number of halogens is 1. The largest absolute Gasteiger partial charge is 0.463 e. The zero-order valence-corrected chi connectivity index (χ0v) is 6.50. The molecule has 0 amide bonds. The molecule has 0 fully saturated rings. The molecule has 0 rings (SSSR count). The zero-order chi connectivity index (χ0) is 8.85. The van der Waals surface area contributed by atoms with E-state index in [2.05, 4.69) is 4.74 Å². The molecule has 0 aliphatic heterocycles. The van der Waals surface area contributed by atoms with Gasteiger partial charge in [-0.1, -0.05) is 0 Å². The third-order valence-electron chi connectivity index (χ3n) is 0.698. The van der Waals surface area contributed by atoms with Crippen molar-refractivity contribution in [2.24, 2.45) is 0 Å². The average Bonchev–Trinajstić information content (AvgIpc) is 1.87. The quantitative estimate of drug-likeness (QED) is 0.212. The number of hydrogen-bond acceptors (Lipinski definition) is 4. The van der Waals surface area contributed by atoms with Crippen molar-refractivity contribution >= 4 is 17.6 Å². The lowest BCUT2D eigenvalue weighted by Gasteiger charge is -1.92. The minimum absolute atomic E-state index is 0.164. The van der Waals surface area contributed by atoms with E-state index in [0.717, 1.165) is 0 Å². The van der Waals surface area contributed by atoms with E-state index in [-0.39, 0.29) is 6.61 Å². The number of rotatable bonds is 3. The van der Waals surface area contributed by atoms with E-state index in [1.165, 1.54) is 0 Å². The van der Waals surface area contributed by atoms with E-state index in [0.29, 0.717) is 6.08 Å². The highest BCUT2D eigenvalue weighted by atomic mass is 35.5. The van der Waals surface area contributed by atoms with Crippen molar-refractivity contribution in [3.8, 4) is 0 Å². The lowest BCUT2D eigenvalue weighted by Crippen LogP contribution is -2.02. The van der Waals surface area contributed by atoms with Gasteiger partial charge in [0.1, 0.15) is 6.08 Å². The van der Waals surface area contributed by atoms with Gasteiger partial charge in [-0.3, -0.25) is 10.1 Å². The standard InChI is InChI=1S/C5H6ClNO4/c1-2-11-5(8)3-4(6)7(9)10/h3H,2H2,1H3. The molecule has 0 bridgehead atoms. The van der Waals surface area contributed by atoms with Crippen LogP contribution < -0.4 is 0 Å². The SMILES string of the molecule is CCOC(=O)C=C(Cl)[N+](=O)[O-]. The van der Waals surface area contributed by atoms with Gasteiger partial charge in [0.25, 0.3) is 0 Å². The predicted octanol–water partition coefficient (Wildman–Crippen LogP) is 0.906. The maximum Gasteiger partial charge on any atom is 0.344 e. The molecule has 0 aliphatic carbocycles. The number of nitrogens with zero attached hydrogens (tertiary/aromatic N) is 1. The van der Waals surface area contributed by atoms with E-state index in [4.69, 9.17) is 11.6 Å². The Balaban J connectivity index is 4.08. The number of carbonyl (C=O) groups is 1. The molecule has 0 saturated heterocycles. The molecule has 0 aliphatic rings. The van der Waals surface area contributed by atoms with Crippen molar-refractivity contribution < 1.29 is 14.5 Å². The maximum atomic E-state index is 10.5. The molecular weight excluding hydrogens is 174 g/mol. The highest BCUT2D eigenvalue weighted by Crippen LogP contribution is 2.01. The van der Waals surface area contributed by atoms with Crippen LogP contribution in [0.4, 0.5) is 0 Å². The van der Waals surface area contributed by atoms with E-state index in [1.54, 1.807) is 6.92 Å². The molecule has 62 valence electrons. The van der Waals surface area contributed by atoms with Crippen LogP contribution in [0.3, 0.4) is 0 Å². The molecule has 0 heterocycles. The van der Waals surface area contributed by atoms with Gasteiger partial charge < -0.3 is 4.74 Å². The molecule has 0 spiro atoms. The summed E-state index contributed by atoms with van der Waals surface area (Å²) in [5.41, 5.74) is 0. The lowest BCUT2D eigenvalue weighted by molar-refractivity contribution is -0.412. The van der Waals surface area contributed by atoms with Crippen molar-refractivity contribution in [2.75, 3.05) is 6.61 Å². The Bertz CT molecular complexity index is 201. The van der Waals surface area contributed by atoms with Gasteiger partial charge in [0.15, 0.2) is 0 Å². The summed E-state index contributed by atoms with van der Waals surface area (Å²) in [7, 11) is 0.